The number of halogens is 2. The summed E-state index contributed by atoms with van der Waals surface area (Å²) in [6, 6.07) is 5.47. The quantitative estimate of drug-likeness (QED) is 0.663. The maximum atomic E-state index is 13.1. The van der Waals surface area contributed by atoms with Gasteiger partial charge in [0.2, 0.25) is 5.91 Å². The van der Waals surface area contributed by atoms with E-state index in [4.69, 9.17) is 11.6 Å². The lowest BCUT2D eigenvalue weighted by Gasteiger charge is -2.12. The molecule has 3 nitrogen and oxygen atoms in total. The number of carbonyl (C=O) groups is 2. The predicted molar refractivity (Wildman–Crippen MR) is 90.1 cm³/mol. The Morgan fingerprint density at radius 1 is 1.17 bits per heavy atom. The van der Waals surface area contributed by atoms with Crippen LogP contribution in [0.4, 0.5) is 9.39 Å². The lowest BCUT2D eigenvalue weighted by molar-refractivity contribution is -0.113. The fourth-order valence-electron chi connectivity index (χ4n) is 2.80. The van der Waals surface area contributed by atoms with Crippen molar-refractivity contribution in [2.45, 2.75) is 25.7 Å². The number of rotatable bonds is 4. The van der Waals surface area contributed by atoms with E-state index in [9.17, 15) is 14.0 Å². The molecule has 0 atom stereocenters. The number of alkyl halides is 1. The number of ketones is 1. The number of amides is 1. The fourth-order valence-corrected chi connectivity index (χ4v) is 4.17. The molecule has 0 unspecified atom stereocenters. The van der Waals surface area contributed by atoms with Crippen LogP contribution in [0, 0.1) is 5.82 Å². The lowest BCUT2D eigenvalue weighted by atomic mass is 9.92. The first-order chi connectivity index (χ1) is 11.1. The highest BCUT2D eigenvalue weighted by Crippen LogP contribution is 2.39. The number of benzene rings is 1. The van der Waals surface area contributed by atoms with Crippen LogP contribution in [-0.4, -0.2) is 17.6 Å². The van der Waals surface area contributed by atoms with Gasteiger partial charge in [-0.15, -0.1) is 22.9 Å². The van der Waals surface area contributed by atoms with Gasteiger partial charge >= 0.3 is 0 Å². The summed E-state index contributed by atoms with van der Waals surface area (Å²) < 4.78 is 13.1. The van der Waals surface area contributed by atoms with E-state index < -0.39 is 0 Å². The van der Waals surface area contributed by atoms with Crippen molar-refractivity contribution >= 4 is 39.6 Å². The summed E-state index contributed by atoms with van der Waals surface area (Å²) in [7, 11) is 0. The molecule has 0 bridgehead atoms. The van der Waals surface area contributed by atoms with Gasteiger partial charge in [0.15, 0.2) is 5.78 Å². The van der Waals surface area contributed by atoms with Gasteiger partial charge in [0.25, 0.3) is 0 Å². The van der Waals surface area contributed by atoms with Crippen LogP contribution >= 0.6 is 22.9 Å². The summed E-state index contributed by atoms with van der Waals surface area (Å²) in [5.41, 5.74) is 1.97. The molecule has 1 N–H and O–H groups in total. The first kappa shape index (κ1) is 16.1. The van der Waals surface area contributed by atoms with E-state index >= 15 is 0 Å². The smallest absolute Gasteiger partial charge is 0.239 e. The van der Waals surface area contributed by atoms with Crippen LogP contribution in [0.25, 0.3) is 0 Å². The van der Waals surface area contributed by atoms with Gasteiger partial charge in [-0.25, -0.2) is 4.39 Å². The Bertz CT molecular complexity index is 755. The largest absolute Gasteiger partial charge is 0.316 e. The van der Waals surface area contributed by atoms with E-state index in [1.807, 2.05) is 0 Å². The molecule has 1 aliphatic carbocycles. The Hall–Kier alpha value is -1.72. The first-order valence-electron chi connectivity index (χ1n) is 7.40. The van der Waals surface area contributed by atoms with Crippen molar-refractivity contribution in [3.8, 4) is 0 Å². The molecule has 1 aliphatic rings. The van der Waals surface area contributed by atoms with Crippen LogP contribution in [0.3, 0.4) is 0 Å². The Morgan fingerprint density at radius 3 is 2.57 bits per heavy atom. The number of thiophene rings is 1. The number of aryl methyl sites for hydroxylation is 1. The SMILES string of the molecule is O=C(CCl)Nc1sc2c(c1C(=O)c1ccc(F)cc1)CCCC2. The van der Waals surface area contributed by atoms with Crippen LogP contribution in [-0.2, 0) is 17.6 Å². The molecule has 0 spiro atoms. The summed E-state index contributed by atoms with van der Waals surface area (Å²) >= 11 is 7.01. The molecule has 23 heavy (non-hydrogen) atoms. The van der Waals surface area contributed by atoms with E-state index in [1.165, 1.54) is 35.6 Å². The predicted octanol–water partition coefficient (Wildman–Crippen LogP) is 4.17. The third-order valence-corrected chi connectivity index (χ3v) is 5.33. The van der Waals surface area contributed by atoms with Gasteiger partial charge in [0, 0.05) is 10.4 Å². The second-order valence-electron chi connectivity index (χ2n) is 5.43. The van der Waals surface area contributed by atoms with Crippen LogP contribution in [0.1, 0.15) is 39.2 Å². The molecule has 1 amide bonds. The van der Waals surface area contributed by atoms with Gasteiger partial charge in [-0.1, -0.05) is 0 Å². The van der Waals surface area contributed by atoms with Crippen LogP contribution < -0.4 is 5.32 Å². The van der Waals surface area contributed by atoms with Gasteiger partial charge in [-0.05, 0) is 55.5 Å². The molecule has 0 saturated carbocycles. The van der Waals surface area contributed by atoms with E-state index in [1.54, 1.807) is 0 Å². The Kier molecular flexibility index (Phi) is 4.78. The van der Waals surface area contributed by atoms with Gasteiger partial charge in [-0.2, -0.15) is 0 Å². The van der Waals surface area contributed by atoms with Crippen molar-refractivity contribution in [2.24, 2.45) is 0 Å². The van der Waals surface area contributed by atoms with Crippen molar-refractivity contribution in [2.75, 3.05) is 11.2 Å². The zero-order chi connectivity index (χ0) is 16.4. The second kappa shape index (κ2) is 6.81. The first-order valence-corrected chi connectivity index (χ1v) is 8.76. The number of carbonyl (C=O) groups excluding carboxylic acids is 2. The van der Waals surface area contributed by atoms with Crippen molar-refractivity contribution in [3.05, 3.63) is 51.7 Å². The molecule has 1 aromatic heterocycles. The molecule has 1 heterocycles. The minimum atomic E-state index is -0.385. The van der Waals surface area contributed by atoms with Crippen molar-refractivity contribution in [3.63, 3.8) is 0 Å². The number of nitrogens with one attached hydrogen (secondary N) is 1. The molecule has 0 saturated heterocycles. The Labute approximate surface area is 142 Å². The average Bonchev–Trinajstić information content (AvgIpc) is 2.92. The van der Waals surface area contributed by atoms with Gasteiger partial charge in [0.1, 0.15) is 16.7 Å². The highest BCUT2D eigenvalue weighted by Gasteiger charge is 2.26. The number of fused-ring (bicyclic) bond motifs is 1. The normalized spacial score (nSPS) is 13.5. The average molecular weight is 352 g/mol. The van der Waals surface area contributed by atoms with E-state index in [0.29, 0.717) is 16.1 Å². The fraction of sp³-hybridized carbons (Fsp3) is 0.294. The number of hydrogen-bond donors (Lipinski definition) is 1. The lowest BCUT2D eigenvalue weighted by Crippen LogP contribution is -2.15. The van der Waals surface area contributed by atoms with Crippen molar-refractivity contribution < 1.29 is 14.0 Å². The Balaban J connectivity index is 2.04. The molecular weight excluding hydrogens is 337 g/mol. The monoisotopic (exact) mass is 351 g/mol. The van der Waals surface area contributed by atoms with Gasteiger partial charge in [0.05, 0.1) is 5.56 Å². The van der Waals surface area contributed by atoms with Gasteiger partial charge in [-0.3, -0.25) is 9.59 Å². The third kappa shape index (κ3) is 3.31. The molecule has 120 valence electrons. The second-order valence-corrected chi connectivity index (χ2v) is 6.81. The highest BCUT2D eigenvalue weighted by molar-refractivity contribution is 7.17. The van der Waals surface area contributed by atoms with E-state index in [0.717, 1.165) is 36.1 Å². The van der Waals surface area contributed by atoms with E-state index in [-0.39, 0.29) is 23.4 Å². The Morgan fingerprint density at radius 2 is 1.87 bits per heavy atom. The zero-order valence-corrected chi connectivity index (χ0v) is 13.9. The molecule has 0 fully saturated rings. The maximum Gasteiger partial charge on any atom is 0.239 e. The molecule has 0 radical (unpaired) electrons. The summed E-state index contributed by atoms with van der Waals surface area (Å²) in [5, 5.41) is 3.28. The number of anilines is 1. The van der Waals surface area contributed by atoms with Crippen LogP contribution in [0.15, 0.2) is 24.3 Å². The van der Waals surface area contributed by atoms with Crippen molar-refractivity contribution in [1.29, 1.82) is 0 Å². The molecular formula is C17H15ClFNO2S. The molecule has 6 heteroatoms. The number of hydrogen-bond acceptors (Lipinski definition) is 3. The van der Waals surface area contributed by atoms with Gasteiger partial charge < -0.3 is 5.32 Å². The third-order valence-electron chi connectivity index (χ3n) is 3.88. The maximum absolute atomic E-state index is 13.1. The summed E-state index contributed by atoms with van der Waals surface area (Å²) in [6.45, 7) is 0. The summed E-state index contributed by atoms with van der Waals surface area (Å²) in [5.74, 6) is -1.07. The topological polar surface area (TPSA) is 46.2 Å². The minimum Gasteiger partial charge on any atom is -0.316 e. The summed E-state index contributed by atoms with van der Waals surface area (Å²) in [6.07, 6.45) is 3.85. The van der Waals surface area contributed by atoms with Crippen molar-refractivity contribution in [1.82, 2.24) is 0 Å². The molecule has 2 aromatic rings. The molecule has 1 aromatic carbocycles. The van der Waals surface area contributed by atoms with E-state index in [2.05, 4.69) is 5.32 Å². The standard InChI is InChI=1S/C17H15ClFNO2S/c18-9-14(21)20-17-15(12-3-1-2-4-13(12)23-17)16(22)10-5-7-11(19)8-6-10/h5-8H,1-4,9H2,(H,20,21). The van der Waals surface area contributed by atoms with Crippen LogP contribution in [0.2, 0.25) is 0 Å². The molecule has 3 rings (SSSR count). The molecule has 0 aliphatic heterocycles. The summed E-state index contributed by atoms with van der Waals surface area (Å²) in [4.78, 5) is 25.7. The minimum absolute atomic E-state index is 0.160. The van der Waals surface area contributed by atoms with Crippen LogP contribution in [0.5, 0.6) is 0 Å². The highest BCUT2D eigenvalue weighted by atomic mass is 35.5. The zero-order valence-electron chi connectivity index (χ0n) is 12.3.